The number of carbonyl (C=O) groups is 1. The Balaban J connectivity index is 2.05. The van der Waals surface area contributed by atoms with Gasteiger partial charge >= 0.3 is 0 Å². The van der Waals surface area contributed by atoms with E-state index in [1.54, 1.807) is 34.8 Å². The van der Waals surface area contributed by atoms with Crippen LogP contribution >= 0.6 is 0 Å². The highest BCUT2D eigenvalue weighted by Gasteiger charge is 2.29. The zero-order valence-corrected chi connectivity index (χ0v) is 12.5. The number of nitrogens with zero attached hydrogens (tertiary/aromatic N) is 4. The maximum atomic E-state index is 12.8. The number of aryl methyl sites for hydroxylation is 1. The molecule has 0 atom stereocenters. The van der Waals surface area contributed by atoms with Crippen LogP contribution in [-0.2, 0) is 13.5 Å². The van der Waals surface area contributed by atoms with Gasteiger partial charge in [-0.1, -0.05) is 6.07 Å². The summed E-state index contributed by atoms with van der Waals surface area (Å²) in [6, 6.07) is 8.33. The Morgan fingerprint density at radius 1 is 1.43 bits per heavy atom. The molecule has 0 bridgehead atoms. The predicted molar refractivity (Wildman–Crippen MR) is 83.2 cm³/mol. The Morgan fingerprint density at radius 3 is 2.87 bits per heavy atom. The van der Waals surface area contributed by atoms with Crippen LogP contribution < -0.4 is 4.90 Å². The van der Waals surface area contributed by atoms with Crippen molar-refractivity contribution in [2.45, 2.75) is 12.8 Å². The zero-order chi connectivity index (χ0) is 16.6. The average molecular weight is 310 g/mol. The van der Waals surface area contributed by atoms with Crippen LogP contribution in [0.15, 0.2) is 30.5 Å². The largest absolute Gasteiger partial charge is 0.345 e. The molecule has 116 valence electrons. The standard InChI is InChI=1S/C16H14N4O3/c1-18-10-11(9-17)8-15(18)16(21)19-7-3-4-12-13(19)5-2-6-14(12)20(22)23/h2,5-6,8,10H,3-4,7H2,1H3. The Morgan fingerprint density at radius 2 is 2.22 bits per heavy atom. The smallest absolute Gasteiger partial charge is 0.274 e. The molecule has 7 heteroatoms. The number of rotatable bonds is 2. The lowest BCUT2D eigenvalue weighted by molar-refractivity contribution is -0.385. The highest BCUT2D eigenvalue weighted by atomic mass is 16.6. The van der Waals surface area contributed by atoms with Crippen LogP contribution in [0.1, 0.15) is 28.0 Å². The molecule has 1 aromatic carbocycles. The van der Waals surface area contributed by atoms with Crippen LogP contribution in [0.5, 0.6) is 0 Å². The second-order valence-corrected chi connectivity index (χ2v) is 5.43. The summed E-state index contributed by atoms with van der Waals surface area (Å²) >= 11 is 0. The van der Waals surface area contributed by atoms with Crippen LogP contribution in [0.2, 0.25) is 0 Å². The van der Waals surface area contributed by atoms with Crippen molar-refractivity contribution in [3.63, 3.8) is 0 Å². The van der Waals surface area contributed by atoms with Gasteiger partial charge in [0.05, 0.1) is 21.7 Å². The van der Waals surface area contributed by atoms with Gasteiger partial charge in [-0.25, -0.2) is 0 Å². The molecule has 0 radical (unpaired) electrons. The molecule has 1 aliphatic rings. The van der Waals surface area contributed by atoms with Gasteiger partial charge in [0.25, 0.3) is 11.6 Å². The summed E-state index contributed by atoms with van der Waals surface area (Å²) in [6.07, 6.45) is 2.83. The third-order valence-electron chi connectivity index (χ3n) is 4.02. The first-order valence-electron chi connectivity index (χ1n) is 7.17. The number of benzene rings is 1. The SMILES string of the molecule is Cn1cc(C#N)cc1C(=O)N1CCCc2c1cccc2[N+](=O)[O-]. The van der Waals surface area contributed by atoms with Crippen molar-refractivity contribution in [3.05, 3.63) is 57.4 Å². The Kier molecular flexibility index (Phi) is 3.58. The van der Waals surface area contributed by atoms with Crippen LogP contribution in [0, 0.1) is 21.4 Å². The van der Waals surface area contributed by atoms with E-state index in [0.717, 1.165) is 0 Å². The lowest BCUT2D eigenvalue weighted by Crippen LogP contribution is -2.36. The van der Waals surface area contributed by atoms with Crippen LogP contribution in [0.3, 0.4) is 0 Å². The van der Waals surface area contributed by atoms with Crippen molar-refractivity contribution in [2.75, 3.05) is 11.4 Å². The Bertz CT molecular complexity index is 847. The van der Waals surface area contributed by atoms with E-state index in [1.807, 2.05) is 6.07 Å². The van der Waals surface area contributed by atoms with Crippen LogP contribution in [-0.4, -0.2) is 21.9 Å². The van der Waals surface area contributed by atoms with Gasteiger partial charge in [0.1, 0.15) is 11.8 Å². The second-order valence-electron chi connectivity index (χ2n) is 5.43. The quantitative estimate of drug-likeness (QED) is 0.629. The fraction of sp³-hybridized carbons (Fsp3) is 0.250. The molecule has 0 aliphatic carbocycles. The summed E-state index contributed by atoms with van der Waals surface area (Å²) in [5.41, 5.74) is 2.01. The molecule has 0 fully saturated rings. The highest BCUT2D eigenvalue weighted by molar-refractivity contribution is 6.06. The first kappa shape index (κ1) is 14.8. The van der Waals surface area contributed by atoms with E-state index in [-0.39, 0.29) is 11.6 Å². The van der Waals surface area contributed by atoms with Crippen molar-refractivity contribution in [2.24, 2.45) is 7.05 Å². The van der Waals surface area contributed by atoms with Gasteiger partial charge in [-0.3, -0.25) is 14.9 Å². The van der Waals surface area contributed by atoms with Gasteiger partial charge in [0.15, 0.2) is 0 Å². The molecule has 1 aromatic heterocycles. The van der Waals surface area contributed by atoms with Crippen molar-refractivity contribution < 1.29 is 9.72 Å². The normalized spacial score (nSPS) is 13.3. The number of nitro groups is 1. The van der Waals surface area contributed by atoms with E-state index in [2.05, 4.69) is 0 Å². The lowest BCUT2D eigenvalue weighted by atomic mass is 9.99. The second kappa shape index (κ2) is 5.57. The van der Waals surface area contributed by atoms with E-state index in [4.69, 9.17) is 5.26 Å². The molecule has 0 saturated carbocycles. The van der Waals surface area contributed by atoms with Crippen LogP contribution in [0.4, 0.5) is 11.4 Å². The molecule has 0 N–H and O–H groups in total. The summed E-state index contributed by atoms with van der Waals surface area (Å²) in [6.45, 7) is 0.500. The van der Waals surface area contributed by atoms with Crippen molar-refractivity contribution in [1.29, 1.82) is 5.26 Å². The fourth-order valence-electron chi connectivity index (χ4n) is 2.96. The number of amides is 1. The number of fused-ring (bicyclic) bond motifs is 1. The Labute approximate surface area is 132 Å². The summed E-state index contributed by atoms with van der Waals surface area (Å²) in [4.78, 5) is 25.1. The number of hydrogen-bond donors (Lipinski definition) is 0. The summed E-state index contributed by atoms with van der Waals surface area (Å²) in [5.74, 6) is -0.254. The van der Waals surface area contributed by atoms with Crippen molar-refractivity contribution >= 4 is 17.3 Å². The lowest BCUT2D eigenvalue weighted by Gasteiger charge is -2.29. The number of anilines is 1. The number of carbonyl (C=O) groups excluding carboxylic acids is 1. The van der Waals surface area contributed by atoms with Gasteiger partial charge in [0.2, 0.25) is 0 Å². The molecule has 1 aliphatic heterocycles. The zero-order valence-electron chi connectivity index (χ0n) is 12.5. The summed E-state index contributed by atoms with van der Waals surface area (Å²) < 4.78 is 1.60. The molecular formula is C16H14N4O3. The number of nitriles is 1. The van der Waals surface area contributed by atoms with Gasteiger partial charge in [0, 0.05) is 25.9 Å². The molecule has 3 rings (SSSR count). The molecule has 7 nitrogen and oxygen atoms in total. The molecule has 1 amide bonds. The van der Waals surface area contributed by atoms with Crippen molar-refractivity contribution in [3.8, 4) is 6.07 Å². The molecule has 0 unspecified atom stereocenters. The van der Waals surface area contributed by atoms with E-state index in [9.17, 15) is 14.9 Å². The van der Waals surface area contributed by atoms with Crippen LogP contribution in [0.25, 0.3) is 0 Å². The average Bonchev–Trinajstić information content (AvgIpc) is 2.94. The molecule has 2 aromatic rings. The number of aromatic nitrogens is 1. The van der Waals surface area contributed by atoms with Gasteiger partial charge in [-0.15, -0.1) is 0 Å². The summed E-state index contributed by atoms with van der Waals surface area (Å²) in [5, 5.41) is 20.1. The Hall–Kier alpha value is -3.14. The minimum atomic E-state index is -0.414. The molecule has 23 heavy (non-hydrogen) atoms. The first-order valence-corrected chi connectivity index (χ1v) is 7.17. The fourth-order valence-corrected chi connectivity index (χ4v) is 2.96. The van der Waals surface area contributed by atoms with Gasteiger partial charge in [-0.2, -0.15) is 5.26 Å². The van der Waals surface area contributed by atoms with Crippen molar-refractivity contribution in [1.82, 2.24) is 4.57 Å². The van der Waals surface area contributed by atoms with E-state index in [1.165, 1.54) is 12.1 Å². The summed E-state index contributed by atoms with van der Waals surface area (Å²) in [7, 11) is 1.70. The molecule has 0 spiro atoms. The van der Waals surface area contributed by atoms with E-state index in [0.29, 0.717) is 41.9 Å². The molecule has 0 saturated heterocycles. The predicted octanol–water partition coefficient (Wildman–Crippen LogP) is 2.40. The highest BCUT2D eigenvalue weighted by Crippen LogP contribution is 2.34. The monoisotopic (exact) mass is 310 g/mol. The molecular weight excluding hydrogens is 296 g/mol. The third-order valence-corrected chi connectivity index (χ3v) is 4.02. The molecule has 2 heterocycles. The van der Waals surface area contributed by atoms with Gasteiger partial charge in [-0.05, 0) is 25.0 Å². The van der Waals surface area contributed by atoms with E-state index < -0.39 is 4.92 Å². The minimum absolute atomic E-state index is 0.0459. The number of hydrogen-bond acceptors (Lipinski definition) is 4. The van der Waals surface area contributed by atoms with E-state index >= 15 is 0 Å². The third kappa shape index (κ3) is 2.44. The minimum Gasteiger partial charge on any atom is -0.345 e. The first-order chi connectivity index (χ1) is 11.0. The van der Waals surface area contributed by atoms with Gasteiger partial charge < -0.3 is 9.47 Å². The number of nitro benzene ring substituents is 1. The maximum Gasteiger partial charge on any atom is 0.274 e. The topological polar surface area (TPSA) is 92.2 Å². The maximum absolute atomic E-state index is 12.8.